The fourth-order valence-corrected chi connectivity index (χ4v) is 3.20. The van der Waals surface area contributed by atoms with Crippen LogP contribution in [-0.4, -0.2) is 15.6 Å². The van der Waals surface area contributed by atoms with Crippen LogP contribution < -0.4 is 4.73 Å². The number of rotatable bonds is 4. The predicted molar refractivity (Wildman–Crippen MR) is 70.6 cm³/mol. The smallest absolute Gasteiger partial charge is 0.304 e. The summed E-state index contributed by atoms with van der Waals surface area (Å²) in [7, 11) is 0. The molecular formula is C14H22N2O3. The van der Waals surface area contributed by atoms with Crippen molar-refractivity contribution in [1.82, 2.24) is 4.57 Å². The van der Waals surface area contributed by atoms with Gasteiger partial charge in [-0.2, -0.15) is 0 Å². The summed E-state index contributed by atoms with van der Waals surface area (Å²) in [4.78, 5) is 11.1. The number of imidazole rings is 1. The molecule has 0 unspecified atom stereocenters. The number of aromatic nitrogens is 2. The molecule has 0 amide bonds. The summed E-state index contributed by atoms with van der Waals surface area (Å²) in [6.45, 7) is 4.35. The number of carboxylic acids is 1. The van der Waals surface area contributed by atoms with E-state index < -0.39 is 5.97 Å². The molecule has 1 saturated carbocycles. The fourth-order valence-electron chi connectivity index (χ4n) is 3.20. The molecule has 0 bridgehead atoms. The molecule has 106 valence electrons. The van der Waals surface area contributed by atoms with Crippen LogP contribution >= 0.6 is 0 Å². The van der Waals surface area contributed by atoms with Crippen molar-refractivity contribution in [2.75, 3.05) is 0 Å². The van der Waals surface area contributed by atoms with Crippen LogP contribution in [0.5, 0.6) is 0 Å². The van der Waals surface area contributed by atoms with Crippen LogP contribution in [0.3, 0.4) is 0 Å². The Balaban J connectivity index is 2.24. The molecule has 1 aliphatic rings. The normalized spacial score (nSPS) is 18.4. The van der Waals surface area contributed by atoms with Gasteiger partial charge in [0.05, 0.1) is 13.0 Å². The SMILES string of the molecule is Cc1c(C)[n+]([O-])cn1CC1(CC(=O)O)CCCCC1. The van der Waals surface area contributed by atoms with Crippen molar-refractivity contribution < 1.29 is 14.6 Å². The molecule has 1 heterocycles. The van der Waals surface area contributed by atoms with Crippen LogP contribution in [0.25, 0.3) is 0 Å². The van der Waals surface area contributed by atoms with Crippen LogP contribution in [0.1, 0.15) is 49.9 Å². The molecule has 0 aromatic carbocycles. The van der Waals surface area contributed by atoms with E-state index in [4.69, 9.17) is 5.11 Å². The van der Waals surface area contributed by atoms with Crippen LogP contribution in [0, 0.1) is 24.5 Å². The Morgan fingerprint density at radius 1 is 1.42 bits per heavy atom. The summed E-state index contributed by atoms with van der Waals surface area (Å²) in [5.41, 5.74) is 1.44. The molecule has 0 atom stereocenters. The van der Waals surface area contributed by atoms with Crippen LogP contribution in [0.2, 0.25) is 0 Å². The third-order valence-corrected chi connectivity index (χ3v) is 4.48. The molecule has 1 N–H and O–H groups in total. The molecule has 1 aromatic heterocycles. The zero-order valence-corrected chi connectivity index (χ0v) is 11.7. The van der Waals surface area contributed by atoms with Gasteiger partial charge in [0.1, 0.15) is 11.4 Å². The highest BCUT2D eigenvalue weighted by atomic mass is 16.5. The highest BCUT2D eigenvalue weighted by Crippen LogP contribution is 2.41. The zero-order valence-electron chi connectivity index (χ0n) is 11.7. The standard InChI is InChI=1S/C14H22N2O3/c1-11-12(2)16(19)10-15(11)9-14(8-13(17)18)6-4-3-5-7-14/h10H,3-9H2,1-2H3,(H,17,18). The van der Waals surface area contributed by atoms with Crippen molar-refractivity contribution in [1.29, 1.82) is 0 Å². The van der Waals surface area contributed by atoms with Gasteiger partial charge in [-0.25, -0.2) is 9.30 Å². The molecule has 19 heavy (non-hydrogen) atoms. The van der Waals surface area contributed by atoms with Crippen LogP contribution in [0.15, 0.2) is 6.33 Å². The average molecular weight is 266 g/mol. The summed E-state index contributed by atoms with van der Waals surface area (Å²) in [5.74, 6) is -0.738. The maximum absolute atomic E-state index is 11.6. The van der Waals surface area contributed by atoms with Gasteiger partial charge < -0.3 is 10.3 Å². The van der Waals surface area contributed by atoms with Gasteiger partial charge in [-0.15, -0.1) is 0 Å². The Morgan fingerprint density at radius 3 is 2.53 bits per heavy atom. The largest absolute Gasteiger partial charge is 0.711 e. The van der Waals surface area contributed by atoms with Crippen molar-refractivity contribution in [3.63, 3.8) is 0 Å². The van der Waals surface area contributed by atoms with Crippen molar-refractivity contribution in [2.24, 2.45) is 5.41 Å². The Hall–Kier alpha value is -1.52. The zero-order chi connectivity index (χ0) is 14.0. The first-order valence-electron chi connectivity index (χ1n) is 6.91. The molecule has 0 radical (unpaired) electrons. The van der Waals surface area contributed by atoms with E-state index in [0.29, 0.717) is 12.2 Å². The molecule has 2 rings (SSSR count). The number of carboxylic acid groups (broad SMARTS) is 1. The molecule has 1 fully saturated rings. The fraction of sp³-hybridized carbons (Fsp3) is 0.714. The van der Waals surface area contributed by atoms with Gasteiger partial charge in [0, 0.05) is 19.3 Å². The molecular weight excluding hydrogens is 244 g/mol. The van der Waals surface area contributed by atoms with E-state index in [1.54, 1.807) is 13.3 Å². The van der Waals surface area contributed by atoms with E-state index in [9.17, 15) is 10.0 Å². The van der Waals surface area contributed by atoms with Gasteiger partial charge in [0.25, 0.3) is 0 Å². The molecule has 1 aliphatic carbocycles. The minimum absolute atomic E-state index is 0.187. The Kier molecular flexibility index (Phi) is 3.83. The molecule has 1 aromatic rings. The molecule has 5 nitrogen and oxygen atoms in total. The molecule has 0 spiro atoms. The molecule has 0 saturated heterocycles. The second-order valence-corrected chi connectivity index (χ2v) is 5.87. The second kappa shape index (κ2) is 5.23. The topological polar surface area (TPSA) is 69.2 Å². The van der Waals surface area contributed by atoms with E-state index >= 15 is 0 Å². The Morgan fingerprint density at radius 2 is 2.05 bits per heavy atom. The lowest BCUT2D eigenvalue weighted by Crippen LogP contribution is -2.33. The van der Waals surface area contributed by atoms with Gasteiger partial charge in [0.15, 0.2) is 0 Å². The highest BCUT2D eigenvalue weighted by Gasteiger charge is 2.37. The average Bonchev–Trinajstić information content (AvgIpc) is 2.57. The number of hydrogen-bond acceptors (Lipinski definition) is 2. The van der Waals surface area contributed by atoms with Crippen LogP contribution in [0.4, 0.5) is 0 Å². The van der Waals surface area contributed by atoms with Crippen molar-refractivity contribution in [3.8, 4) is 0 Å². The van der Waals surface area contributed by atoms with E-state index in [2.05, 4.69) is 0 Å². The number of hydrogen-bond donors (Lipinski definition) is 1. The van der Waals surface area contributed by atoms with Crippen molar-refractivity contribution in [3.05, 3.63) is 22.9 Å². The summed E-state index contributed by atoms with van der Waals surface area (Å²) >= 11 is 0. The highest BCUT2D eigenvalue weighted by molar-refractivity contribution is 5.67. The van der Waals surface area contributed by atoms with Gasteiger partial charge >= 0.3 is 5.97 Å². The van der Waals surface area contributed by atoms with E-state index in [1.807, 2.05) is 11.5 Å². The third kappa shape index (κ3) is 2.91. The Bertz CT molecular complexity index is 473. The maximum Gasteiger partial charge on any atom is 0.304 e. The van der Waals surface area contributed by atoms with Crippen molar-refractivity contribution in [2.45, 2.75) is 58.9 Å². The lowest BCUT2D eigenvalue weighted by atomic mass is 9.71. The lowest BCUT2D eigenvalue weighted by Gasteiger charge is -2.34. The maximum atomic E-state index is 11.6. The first-order valence-corrected chi connectivity index (χ1v) is 6.91. The second-order valence-electron chi connectivity index (χ2n) is 5.87. The first kappa shape index (κ1) is 13.9. The van der Waals surface area contributed by atoms with Gasteiger partial charge in [-0.05, 0) is 12.8 Å². The van der Waals surface area contributed by atoms with E-state index in [0.717, 1.165) is 36.1 Å². The minimum Gasteiger partial charge on any atom is -0.711 e. The Labute approximate surface area is 113 Å². The van der Waals surface area contributed by atoms with Crippen LogP contribution in [-0.2, 0) is 11.3 Å². The number of nitrogens with zero attached hydrogens (tertiary/aromatic N) is 2. The quantitative estimate of drug-likeness (QED) is 0.670. The number of aliphatic carboxylic acids is 1. The first-order chi connectivity index (χ1) is 8.93. The monoisotopic (exact) mass is 266 g/mol. The van der Waals surface area contributed by atoms with Crippen molar-refractivity contribution >= 4 is 5.97 Å². The van der Waals surface area contributed by atoms with Gasteiger partial charge in [-0.3, -0.25) is 4.79 Å². The summed E-state index contributed by atoms with van der Waals surface area (Å²) in [5, 5.41) is 20.8. The summed E-state index contributed by atoms with van der Waals surface area (Å²) in [6.07, 6.45) is 6.98. The van der Waals surface area contributed by atoms with Gasteiger partial charge in [-0.1, -0.05) is 19.3 Å². The third-order valence-electron chi connectivity index (χ3n) is 4.48. The molecule has 5 heteroatoms. The predicted octanol–water partition coefficient (Wildman–Crippen LogP) is 2.16. The van der Waals surface area contributed by atoms with E-state index in [-0.39, 0.29) is 11.8 Å². The number of carbonyl (C=O) groups is 1. The molecule has 0 aliphatic heterocycles. The lowest BCUT2D eigenvalue weighted by molar-refractivity contribution is -0.611. The summed E-state index contributed by atoms with van der Waals surface area (Å²) < 4.78 is 2.79. The summed E-state index contributed by atoms with van der Waals surface area (Å²) in [6, 6.07) is 0. The van der Waals surface area contributed by atoms with Gasteiger partial charge in [0.2, 0.25) is 6.33 Å². The minimum atomic E-state index is -0.738. The van der Waals surface area contributed by atoms with E-state index in [1.165, 1.54) is 6.42 Å².